The van der Waals surface area contributed by atoms with Gasteiger partial charge in [0.15, 0.2) is 23.3 Å². The molecular formula is C32H18CrN8O3S. The van der Waals surface area contributed by atoms with Gasteiger partial charge in [0.1, 0.15) is 27.5 Å². The van der Waals surface area contributed by atoms with Crippen LogP contribution in [-0.2, 0) is 27.5 Å². The van der Waals surface area contributed by atoms with Gasteiger partial charge in [-0.05, 0) is 6.07 Å². The number of nitrogens with zero attached hydrogens (tertiary/aromatic N) is 6. The Hall–Kier alpha value is -5.32. The van der Waals surface area contributed by atoms with Crippen molar-refractivity contribution in [1.29, 1.82) is 0 Å². The smallest absolute Gasteiger partial charge is 0.295 e. The van der Waals surface area contributed by atoms with Crippen molar-refractivity contribution in [2.75, 3.05) is 0 Å². The number of H-pyrrole nitrogens is 2. The van der Waals surface area contributed by atoms with Gasteiger partial charge < -0.3 is 9.97 Å². The summed E-state index contributed by atoms with van der Waals surface area (Å²) in [6.07, 6.45) is 0. The molecule has 0 amide bonds. The molecule has 5 heterocycles. The van der Waals surface area contributed by atoms with Crippen LogP contribution in [0.15, 0.2) is 95.9 Å². The molecule has 3 N–H and O–H groups in total. The van der Waals surface area contributed by atoms with Crippen LogP contribution in [0.4, 0.5) is 0 Å². The zero-order valence-electron chi connectivity index (χ0n) is 22.9. The predicted octanol–water partition coefficient (Wildman–Crippen LogP) is 6.11. The summed E-state index contributed by atoms with van der Waals surface area (Å²) in [6.45, 7) is 0. The van der Waals surface area contributed by atoms with E-state index in [1.54, 1.807) is 12.1 Å². The minimum Gasteiger partial charge on any atom is -0.324 e. The van der Waals surface area contributed by atoms with Gasteiger partial charge in [-0.3, -0.25) is 4.55 Å². The Morgan fingerprint density at radius 3 is 1.31 bits per heavy atom. The molecule has 8 bridgehead atoms. The number of aromatic amines is 2. The standard InChI is InChI=1S/C32H18N8O3S.Cr/c41-44(42,43)23-15-7-14-22-24(23)32-39-30-21-13-6-5-12-20(21)28(37-30)35-26-17-9-2-1-8-16(17)25(33-26)34-27-18-10-3-4-11-19(18)29(36-27)38-31(22)40-32;/h1-15H,(H,41,42,43)(H2,33,34,35,36,37,38,39,40);. The fourth-order valence-electron chi connectivity index (χ4n) is 5.87. The third-order valence-corrected chi connectivity index (χ3v) is 8.72. The van der Waals surface area contributed by atoms with Gasteiger partial charge in [-0.15, -0.1) is 0 Å². The van der Waals surface area contributed by atoms with Gasteiger partial charge >= 0.3 is 0 Å². The normalized spacial score (nSPS) is 12.1. The number of hydrogen-bond donors (Lipinski definition) is 3. The van der Waals surface area contributed by atoms with Gasteiger partial charge in [0, 0.05) is 61.2 Å². The molecular weight excluding hydrogens is 628 g/mol. The fourth-order valence-corrected chi connectivity index (χ4v) is 6.59. The first-order valence-electron chi connectivity index (χ1n) is 13.6. The van der Waals surface area contributed by atoms with Gasteiger partial charge in [-0.2, -0.15) is 8.42 Å². The topological polar surface area (TPSA) is 163 Å². The maximum absolute atomic E-state index is 12.5. The van der Waals surface area contributed by atoms with Crippen LogP contribution in [0.25, 0.3) is 89.7 Å². The molecule has 4 aromatic carbocycles. The molecule has 0 radical (unpaired) electrons. The van der Waals surface area contributed by atoms with Gasteiger partial charge in [-0.1, -0.05) is 84.9 Å². The summed E-state index contributed by atoms with van der Waals surface area (Å²) in [5, 5.41) is 2.36. The Kier molecular flexibility index (Phi) is 5.96. The maximum atomic E-state index is 12.5. The van der Waals surface area contributed by atoms with E-state index in [-0.39, 0.29) is 33.3 Å². The third kappa shape index (κ3) is 4.17. The summed E-state index contributed by atoms with van der Waals surface area (Å²) < 4.78 is 35.2. The van der Waals surface area contributed by atoms with Crippen molar-refractivity contribution < 1.29 is 30.3 Å². The Labute approximate surface area is 265 Å². The number of rotatable bonds is 1. The second-order valence-electron chi connectivity index (χ2n) is 10.4. The number of hydrogen-bond acceptors (Lipinski definition) is 8. The molecule has 13 heteroatoms. The van der Waals surface area contributed by atoms with Gasteiger partial charge in [0.05, 0.1) is 0 Å². The van der Waals surface area contributed by atoms with Crippen molar-refractivity contribution in [3.8, 4) is 45.6 Å². The van der Waals surface area contributed by atoms with Crippen LogP contribution in [0, 0.1) is 0 Å². The average molecular weight is 647 g/mol. The van der Waals surface area contributed by atoms with Crippen molar-refractivity contribution in [3.63, 3.8) is 0 Å². The summed E-state index contributed by atoms with van der Waals surface area (Å²) in [5.74, 6) is 1.60. The quantitative estimate of drug-likeness (QED) is 0.179. The Morgan fingerprint density at radius 1 is 0.467 bits per heavy atom. The molecule has 216 valence electrons. The predicted molar refractivity (Wildman–Crippen MR) is 166 cm³/mol. The van der Waals surface area contributed by atoms with Gasteiger partial charge in [0.25, 0.3) is 10.1 Å². The van der Waals surface area contributed by atoms with E-state index in [2.05, 4.69) is 9.97 Å². The number of fused-ring (bicyclic) bond motifs is 20. The van der Waals surface area contributed by atoms with Crippen LogP contribution in [0.1, 0.15) is 0 Å². The molecule has 0 unspecified atom stereocenters. The Morgan fingerprint density at radius 2 is 0.844 bits per heavy atom. The molecule has 7 aromatic rings. The van der Waals surface area contributed by atoms with Crippen LogP contribution in [0.3, 0.4) is 0 Å². The van der Waals surface area contributed by atoms with Crippen LogP contribution in [0.5, 0.6) is 0 Å². The SMILES string of the molecule is O=S(=O)(O)c1cccc2c3nc4nc(nc5[nH]c(nc6nc(nc([nH]3)c12)-c1ccccc1-6)c1ccccc51)-c1ccccc1-4.[Cr]. The van der Waals surface area contributed by atoms with Crippen LogP contribution < -0.4 is 0 Å². The molecule has 2 aliphatic heterocycles. The minimum atomic E-state index is -4.62. The van der Waals surface area contributed by atoms with Crippen molar-refractivity contribution >= 4 is 54.3 Å². The zero-order valence-corrected chi connectivity index (χ0v) is 25.0. The van der Waals surface area contributed by atoms with Crippen molar-refractivity contribution in [2.45, 2.75) is 4.90 Å². The number of aromatic nitrogens is 8. The van der Waals surface area contributed by atoms with Crippen molar-refractivity contribution in [1.82, 2.24) is 39.9 Å². The van der Waals surface area contributed by atoms with E-state index in [9.17, 15) is 13.0 Å². The number of benzene rings is 4. The zero-order chi connectivity index (χ0) is 29.6. The van der Waals surface area contributed by atoms with E-state index in [1.165, 1.54) is 6.07 Å². The van der Waals surface area contributed by atoms with Crippen LogP contribution in [-0.4, -0.2) is 52.8 Å². The minimum absolute atomic E-state index is 0. The molecule has 11 nitrogen and oxygen atoms in total. The molecule has 0 saturated carbocycles. The Balaban J connectivity index is 0.00000300. The van der Waals surface area contributed by atoms with Gasteiger partial charge in [-0.25, -0.2) is 29.9 Å². The molecule has 0 saturated heterocycles. The first-order chi connectivity index (χ1) is 21.4. The molecule has 0 atom stereocenters. The Bertz CT molecular complexity index is 2660. The second-order valence-corrected chi connectivity index (χ2v) is 11.8. The first-order valence-corrected chi connectivity index (χ1v) is 15.1. The second kappa shape index (κ2) is 9.85. The van der Waals surface area contributed by atoms with Crippen LogP contribution >= 0.6 is 0 Å². The molecule has 2 aliphatic rings. The van der Waals surface area contributed by atoms with Crippen molar-refractivity contribution in [3.05, 3.63) is 91.0 Å². The molecule has 3 aromatic heterocycles. The largest absolute Gasteiger partial charge is 0.324 e. The van der Waals surface area contributed by atoms with Crippen LogP contribution in [0.2, 0.25) is 0 Å². The summed E-state index contributed by atoms with van der Waals surface area (Å²) in [6, 6.07) is 27.6. The number of nitrogens with one attached hydrogen (secondary N) is 2. The molecule has 9 rings (SSSR count). The van der Waals surface area contributed by atoms with Crippen molar-refractivity contribution in [2.24, 2.45) is 0 Å². The summed E-state index contributed by atoms with van der Waals surface area (Å²) in [7, 11) is -4.62. The molecule has 0 spiro atoms. The van der Waals surface area contributed by atoms with Gasteiger partial charge in [0.2, 0.25) is 0 Å². The monoisotopic (exact) mass is 646 g/mol. The summed E-state index contributed by atoms with van der Waals surface area (Å²) >= 11 is 0. The van der Waals surface area contributed by atoms with E-state index in [1.807, 2.05) is 72.8 Å². The van der Waals surface area contributed by atoms with E-state index >= 15 is 0 Å². The molecule has 0 fully saturated rings. The van der Waals surface area contributed by atoms with E-state index in [0.29, 0.717) is 45.6 Å². The first kappa shape index (κ1) is 27.2. The van der Waals surface area contributed by atoms with E-state index in [4.69, 9.17) is 29.9 Å². The van der Waals surface area contributed by atoms with E-state index in [0.717, 1.165) is 33.0 Å². The van der Waals surface area contributed by atoms with E-state index < -0.39 is 10.1 Å². The summed E-state index contributed by atoms with van der Waals surface area (Å²) in [5.41, 5.74) is 4.68. The molecule has 45 heavy (non-hydrogen) atoms. The fraction of sp³-hybridized carbons (Fsp3) is 0. The molecule has 0 aliphatic carbocycles. The third-order valence-electron chi connectivity index (χ3n) is 7.82. The average Bonchev–Trinajstić information content (AvgIpc) is 3.76. The maximum Gasteiger partial charge on any atom is 0.295 e. The summed E-state index contributed by atoms with van der Waals surface area (Å²) in [4.78, 5) is 35.4.